The Bertz CT molecular complexity index is 280. The Kier molecular flexibility index (Phi) is 3.58. The molecule has 0 saturated heterocycles. The maximum atomic E-state index is 5.60. The van der Waals surface area contributed by atoms with Crippen molar-refractivity contribution in [2.24, 2.45) is 0 Å². The molecule has 2 radical (unpaired) electrons. The number of pyridine rings is 1. The topological polar surface area (TPSA) is 60.2 Å². The first-order valence-corrected chi connectivity index (χ1v) is 3.98. The van der Waals surface area contributed by atoms with E-state index in [1.807, 2.05) is 0 Å². The fourth-order valence-corrected chi connectivity index (χ4v) is 0.921. The fourth-order valence-electron chi connectivity index (χ4n) is 0.921. The van der Waals surface area contributed by atoms with E-state index in [0.717, 1.165) is 5.69 Å². The van der Waals surface area contributed by atoms with Gasteiger partial charge in [0.25, 0.3) is 0 Å². The highest BCUT2D eigenvalue weighted by atomic mass is 16.5. The van der Waals surface area contributed by atoms with Crippen LogP contribution in [0.4, 0.5) is 11.5 Å². The second-order valence-electron chi connectivity index (χ2n) is 2.62. The molecule has 0 aliphatic carbocycles. The number of nitrogens with two attached hydrogens (primary N) is 1. The van der Waals surface area contributed by atoms with Crippen molar-refractivity contribution >= 4 is 24.8 Å². The predicted molar refractivity (Wildman–Crippen MR) is 54.4 cm³/mol. The lowest BCUT2D eigenvalue weighted by Crippen LogP contribution is -2.13. The van der Waals surface area contributed by atoms with Crippen LogP contribution in [0.5, 0.6) is 0 Å². The molecule has 68 valence electrons. The van der Waals surface area contributed by atoms with Gasteiger partial charge in [-0.3, -0.25) is 0 Å². The molecule has 4 nitrogen and oxygen atoms in total. The number of nitrogens with zero attached hydrogens (tertiary/aromatic N) is 1. The van der Waals surface area contributed by atoms with Gasteiger partial charge in [0.15, 0.2) is 0 Å². The SMILES string of the molecule is [B]c1cnc(N)c(NCCOC)c1. The second kappa shape index (κ2) is 4.72. The lowest BCUT2D eigenvalue weighted by molar-refractivity contribution is 0.211. The molecule has 1 heterocycles. The highest BCUT2D eigenvalue weighted by molar-refractivity contribution is 6.32. The van der Waals surface area contributed by atoms with E-state index in [2.05, 4.69) is 10.3 Å². The van der Waals surface area contributed by atoms with Gasteiger partial charge in [-0.2, -0.15) is 0 Å². The number of nitrogen functional groups attached to an aromatic ring is 1. The highest BCUT2D eigenvalue weighted by Gasteiger charge is 1.98. The molecular weight excluding hydrogens is 165 g/mol. The van der Waals surface area contributed by atoms with E-state index >= 15 is 0 Å². The second-order valence-corrected chi connectivity index (χ2v) is 2.62. The van der Waals surface area contributed by atoms with Crippen LogP contribution >= 0.6 is 0 Å². The Hall–Kier alpha value is -1.23. The molecule has 1 aromatic heterocycles. The van der Waals surface area contributed by atoms with Crippen molar-refractivity contribution in [3.8, 4) is 0 Å². The number of hydrogen-bond acceptors (Lipinski definition) is 4. The Morgan fingerprint density at radius 1 is 1.69 bits per heavy atom. The summed E-state index contributed by atoms with van der Waals surface area (Å²) >= 11 is 0. The zero-order valence-corrected chi connectivity index (χ0v) is 7.58. The van der Waals surface area contributed by atoms with Gasteiger partial charge in [0.2, 0.25) is 0 Å². The number of methoxy groups -OCH3 is 1. The minimum Gasteiger partial charge on any atom is -0.383 e. The third-order valence-corrected chi connectivity index (χ3v) is 1.56. The van der Waals surface area contributed by atoms with Crippen LogP contribution in [0.1, 0.15) is 0 Å². The van der Waals surface area contributed by atoms with Gasteiger partial charge < -0.3 is 15.8 Å². The molecule has 0 atom stereocenters. The van der Waals surface area contributed by atoms with E-state index in [-0.39, 0.29) is 0 Å². The predicted octanol–water partition coefficient (Wildman–Crippen LogP) is -0.484. The van der Waals surface area contributed by atoms with Gasteiger partial charge in [-0.05, 0) is 6.07 Å². The van der Waals surface area contributed by atoms with E-state index in [9.17, 15) is 0 Å². The van der Waals surface area contributed by atoms with Gasteiger partial charge in [-0.15, -0.1) is 0 Å². The molecule has 1 rings (SSSR count). The number of anilines is 2. The molecule has 0 aliphatic rings. The smallest absolute Gasteiger partial charge is 0.146 e. The van der Waals surface area contributed by atoms with Crippen molar-refractivity contribution in [1.29, 1.82) is 0 Å². The lowest BCUT2D eigenvalue weighted by Gasteiger charge is -2.08. The summed E-state index contributed by atoms with van der Waals surface area (Å²) < 4.78 is 4.88. The average Bonchev–Trinajstić information content (AvgIpc) is 2.11. The molecule has 0 aromatic carbocycles. The van der Waals surface area contributed by atoms with Crippen LogP contribution in [0, 0.1) is 0 Å². The molecule has 13 heavy (non-hydrogen) atoms. The molecule has 0 unspecified atom stereocenters. The van der Waals surface area contributed by atoms with Crippen molar-refractivity contribution in [2.75, 3.05) is 31.3 Å². The maximum absolute atomic E-state index is 5.60. The first kappa shape index (κ1) is 9.86. The number of rotatable bonds is 4. The fraction of sp³-hybridized carbons (Fsp3) is 0.375. The Morgan fingerprint density at radius 3 is 3.15 bits per heavy atom. The standard InChI is InChI=1S/C8H12BN3O/c1-13-3-2-11-7-4-6(9)5-12-8(7)10/h4-5,11H,2-3H2,1H3,(H2,10,12). The van der Waals surface area contributed by atoms with Crippen molar-refractivity contribution in [3.63, 3.8) is 0 Å². The van der Waals surface area contributed by atoms with Crippen LogP contribution in [0.15, 0.2) is 12.3 Å². The average molecular weight is 177 g/mol. The summed E-state index contributed by atoms with van der Waals surface area (Å²) in [6.45, 7) is 1.31. The summed E-state index contributed by atoms with van der Waals surface area (Å²) in [7, 11) is 7.18. The lowest BCUT2D eigenvalue weighted by atomic mass is 9.98. The van der Waals surface area contributed by atoms with Crippen molar-refractivity contribution in [1.82, 2.24) is 4.98 Å². The van der Waals surface area contributed by atoms with Crippen LogP contribution in [0.3, 0.4) is 0 Å². The van der Waals surface area contributed by atoms with E-state index in [4.69, 9.17) is 18.3 Å². The molecule has 0 saturated carbocycles. The van der Waals surface area contributed by atoms with Crippen molar-refractivity contribution in [3.05, 3.63) is 12.3 Å². The first-order chi connectivity index (χ1) is 6.24. The molecule has 0 spiro atoms. The van der Waals surface area contributed by atoms with Crippen LogP contribution < -0.4 is 16.5 Å². The van der Waals surface area contributed by atoms with Crippen molar-refractivity contribution < 1.29 is 4.74 Å². The summed E-state index contributed by atoms with van der Waals surface area (Å²) in [5.74, 6) is 0.449. The molecule has 0 fully saturated rings. The minimum absolute atomic E-state index is 0.449. The van der Waals surface area contributed by atoms with Crippen molar-refractivity contribution in [2.45, 2.75) is 0 Å². The Morgan fingerprint density at radius 2 is 2.46 bits per heavy atom. The van der Waals surface area contributed by atoms with Gasteiger partial charge >= 0.3 is 0 Å². The van der Waals surface area contributed by atoms with Gasteiger partial charge in [0.05, 0.1) is 12.3 Å². The van der Waals surface area contributed by atoms with Gasteiger partial charge in [-0.1, -0.05) is 5.46 Å². The third-order valence-electron chi connectivity index (χ3n) is 1.56. The molecular formula is C8H12BN3O. The van der Waals surface area contributed by atoms with E-state index in [0.29, 0.717) is 24.4 Å². The largest absolute Gasteiger partial charge is 0.383 e. The molecule has 0 amide bonds. The van der Waals surface area contributed by atoms with Crippen LogP contribution in [0.2, 0.25) is 0 Å². The summed E-state index contributed by atoms with van der Waals surface area (Å²) in [4.78, 5) is 3.91. The quantitative estimate of drug-likeness (QED) is 0.481. The first-order valence-electron chi connectivity index (χ1n) is 3.98. The molecule has 5 heteroatoms. The Labute approximate surface area is 78.9 Å². The van der Waals surface area contributed by atoms with Gasteiger partial charge in [-0.25, -0.2) is 4.98 Å². The number of nitrogens with one attached hydrogen (secondary N) is 1. The van der Waals surface area contributed by atoms with Gasteiger partial charge in [0.1, 0.15) is 13.7 Å². The van der Waals surface area contributed by atoms with E-state index in [1.54, 1.807) is 13.2 Å². The normalized spacial score (nSPS) is 9.92. The zero-order valence-electron chi connectivity index (χ0n) is 7.58. The summed E-state index contributed by atoms with van der Waals surface area (Å²) in [5, 5.41) is 3.06. The number of ether oxygens (including phenoxy) is 1. The highest BCUT2D eigenvalue weighted by Crippen LogP contribution is 2.11. The molecule has 0 bridgehead atoms. The number of hydrogen-bond donors (Lipinski definition) is 2. The van der Waals surface area contributed by atoms with Crippen LogP contribution in [-0.2, 0) is 4.74 Å². The summed E-state index contributed by atoms with van der Waals surface area (Å²) in [5.41, 5.74) is 6.94. The zero-order chi connectivity index (χ0) is 9.68. The minimum atomic E-state index is 0.449. The van der Waals surface area contributed by atoms with E-state index < -0.39 is 0 Å². The third kappa shape index (κ3) is 2.95. The monoisotopic (exact) mass is 177 g/mol. The van der Waals surface area contributed by atoms with Crippen LogP contribution in [-0.4, -0.2) is 33.1 Å². The van der Waals surface area contributed by atoms with Crippen LogP contribution in [0.25, 0.3) is 0 Å². The molecule has 1 aromatic rings. The van der Waals surface area contributed by atoms with E-state index in [1.165, 1.54) is 6.20 Å². The molecule has 0 aliphatic heterocycles. The Balaban J connectivity index is 2.59. The maximum Gasteiger partial charge on any atom is 0.146 e. The summed E-state index contributed by atoms with van der Waals surface area (Å²) in [6.07, 6.45) is 1.52. The number of aromatic nitrogens is 1. The van der Waals surface area contributed by atoms with Gasteiger partial charge in [0, 0.05) is 19.9 Å². The molecule has 3 N–H and O–H groups in total. The summed E-state index contributed by atoms with van der Waals surface area (Å²) in [6, 6.07) is 1.75.